The highest BCUT2D eigenvalue weighted by Crippen LogP contribution is 2.77. The van der Waals surface area contributed by atoms with Crippen LogP contribution in [0.2, 0.25) is 0 Å². The molecular formula is C30H46O6. The molecule has 0 radical (unpaired) electrons. The maximum absolute atomic E-state index is 12.8. The van der Waals surface area contributed by atoms with Gasteiger partial charge in [-0.15, -0.1) is 0 Å². The van der Waals surface area contributed by atoms with Crippen LogP contribution >= 0.6 is 0 Å². The Morgan fingerprint density at radius 3 is 2.11 bits per heavy atom. The van der Waals surface area contributed by atoms with Gasteiger partial charge in [-0.25, -0.2) is 0 Å². The first-order chi connectivity index (χ1) is 16.7. The van der Waals surface area contributed by atoms with Gasteiger partial charge in [0.15, 0.2) is 0 Å². The highest BCUT2D eigenvalue weighted by molar-refractivity contribution is 5.77. The third kappa shape index (κ3) is 2.91. The number of aliphatic hydroxyl groups excluding tert-OH is 1. The van der Waals surface area contributed by atoms with Gasteiger partial charge in [0.2, 0.25) is 0 Å². The van der Waals surface area contributed by atoms with Crippen LogP contribution in [-0.2, 0) is 14.4 Å². The van der Waals surface area contributed by atoms with Crippen molar-refractivity contribution in [2.45, 2.75) is 105 Å². The second kappa shape index (κ2) is 8.04. The molecule has 0 aromatic heterocycles. The number of carboxylic acids is 2. The van der Waals surface area contributed by atoms with E-state index < -0.39 is 28.9 Å². The molecular weight excluding hydrogens is 456 g/mol. The number of fused-ring (bicyclic) bond motifs is 7. The van der Waals surface area contributed by atoms with Gasteiger partial charge < -0.3 is 20.1 Å². The predicted molar refractivity (Wildman–Crippen MR) is 135 cm³/mol. The first kappa shape index (κ1) is 26.2. The van der Waals surface area contributed by atoms with Crippen molar-refractivity contribution in [2.75, 3.05) is 0 Å². The first-order valence-corrected chi connectivity index (χ1v) is 14.3. The van der Waals surface area contributed by atoms with Gasteiger partial charge in [-0.3, -0.25) is 9.59 Å². The molecule has 202 valence electrons. The number of hydrogen-bond donors (Lipinski definition) is 3. The van der Waals surface area contributed by atoms with Crippen LogP contribution in [0.25, 0.3) is 0 Å². The lowest BCUT2D eigenvalue weighted by molar-refractivity contribution is -0.252. The Morgan fingerprint density at radius 2 is 1.50 bits per heavy atom. The molecule has 0 heterocycles. The number of carbonyl (C=O) groups is 3. The molecule has 6 heteroatoms. The normalized spacial score (nSPS) is 54.8. The molecule has 5 fully saturated rings. The molecule has 6 nitrogen and oxygen atoms in total. The number of rotatable bonds is 4. The molecule has 12 atom stereocenters. The fraction of sp³-hybridized carbons (Fsp3) is 0.900. The van der Waals surface area contributed by atoms with Crippen molar-refractivity contribution in [1.82, 2.24) is 0 Å². The second-order valence-electron chi connectivity index (χ2n) is 14.5. The summed E-state index contributed by atoms with van der Waals surface area (Å²) in [4.78, 5) is 37.2. The van der Waals surface area contributed by atoms with Crippen molar-refractivity contribution < 1.29 is 29.7 Å². The summed E-state index contributed by atoms with van der Waals surface area (Å²) in [5.41, 5.74) is -2.08. The highest BCUT2D eigenvalue weighted by Gasteiger charge is 2.73. The van der Waals surface area contributed by atoms with E-state index in [0.717, 1.165) is 51.2 Å². The standard InChI is InChI=1S/C30H46O6/c1-17(16-31)18-8-13-30(25(35)36)15-14-27(3)19(23(18)30)6-7-20-26(2)11-10-22(32)29(5,24(33)34)21(26)9-12-28(20,27)4/h16-23,32H,6-15H2,1-5H3,(H,33,34)(H,35,36)/t17?,18-,19+,20+,21+,22+,23+,26+,27+,28+,29?,30-/m0/s1. The maximum Gasteiger partial charge on any atom is 0.312 e. The molecule has 0 aromatic carbocycles. The highest BCUT2D eigenvalue weighted by atomic mass is 16.4. The quantitative estimate of drug-likeness (QED) is 0.443. The zero-order valence-electron chi connectivity index (χ0n) is 22.8. The molecule has 5 saturated carbocycles. The smallest absolute Gasteiger partial charge is 0.312 e. The Morgan fingerprint density at radius 1 is 0.806 bits per heavy atom. The number of aliphatic carboxylic acids is 2. The molecule has 3 N–H and O–H groups in total. The van der Waals surface area contributed by atoms with E-state index in [1.54, 1.807) is 6.92 Å². The molecule has 0 saturated heterocycles. The van der Waals surface area contributed by atoms with Crippen molar-refractivity contribution in [3.63, 3.8) is 0 Å². The van der Waals surface area contributed by atoms with Crippen molar-refractivity contribution in [2.24, 2.45) is 62.6 Å². The predicted octanol–water partition coefficient (Wildman–Crippen LogP) is 5.41. The third-order valence-corrected chi connectivity index (χ3v) is 13.9. The number of aldehydes is 1. The summed E-state index contributed by atoms with van der Waals surface area (Å²) in [6.45, 7) is 10.9. The molecule has 2 unspecified atom stereocenters. The Kier molecular flexibility index (Phi) is 5.85. The number of hydrogen-bond acceptors (Lipinski definition) is 4. The summed E-state index contributed by atoms with van der Waals surface area (Å²) in [6.07, 6.45) is 8.27. The van der Waals surface area contributed by atoms with E-state index in [4.69, 9.17) is 0 Å². The zero-order chi connectivity index (χ0) is 26.5. The van der Waals surface area contributed by atoms with E-state index in [9.17, 15) is 29.7 Å². The van der Waals surface area contributed by atoms with Crippen LogP contribution in [0.1, 0.15) is 98.8 Å². The molecule has 0 bridgehead atoms. The van der Waals surface area contributed by atoms with Crippen LogP contribution in [0.15, 0.2) is 0 Å². The van der Waals surface area contributed by atoms with Gasteiger partial charge in [0.1, 0.15) is 6.29 Å². The SMILES string of the molecule is CC(C=O)[C@@H]1CC[C@]2(C(=O)O)CC[C@]3(C)[C@H](CC[C@@H]4[C@@]5(C)CC[C@@H](O)C(C)(C(=O)O)[C@@H]5CC[C@]43C)[C@@H]12. The second-order valence-corrected chi connectivity index (χ2v) is 14.5. The lowest BCUT2D eigenvalue weighted by atomic mass is 9.32. The topological polar surface area (TPSA) is 112 Å². The molecule has 36 heavy (non-hydrogen) atoms. The van der Waals surface area contributed by atoms with Crippen LogP contribution in [0.4, 0.5) is 0 Å². The van der Waals surface area contributed by atoms with Crippen molar-refractivity contribution >= 4 is 18.2 Å². The number of aliphatic hydroxyl groups is 1. The molecule has 0 aliphatic heterocycles. The Balaban J connectivity index is 1.57. The summed E-state index contributed by atoms with van der Waals surface area (Å²) in [5.74, 6) is -0.999. The fourth-order valence-electron chi connectivity index (χ4n) is 11.7. The third-order valence-electron chi connectivity index (χ3n) is 13.9. The minimum atomic E-state index is -1.13. The lowest BCUT2D eigenvalue weighted by Gasteiger charge is -2.72. The Bertz CT molecular complexity index is 963. The largest absolute Gasteiger partial charge is 0.481 e. The van der Waals surface area contributed by atoms with Crippen LogP contribution in [0, 0.1) is 62.6 Å². The average molecular weight is 503 g/mol. The summed E-state index contributed by atoms with van der Waals surface area (Å²) in [7, 11) is 0. The minimum absolute atomic E-state index is 0.0227. The minimum Gasteiger partial charge on any atom is -0.481 e. The molecule has 5 aliphatic rings. The van der Waals surface area contributed by atoms with E-state index in [1.165, 1.54) is 0 Å². The first-order valence-electron chi connectivity index (χ1n) is 14.3. The van der Waals surface area contributed by atoms with E-state index in [0.29, 0.717) is 25.2 Å². The van der Waals surface area contributed by atoms with Crippen LogP contribution in [-0.4, -0.2) is 39.6 Å². The van der Waals surface area contributed by atoms with Gasteiger partial charge in [0.25, 0.3) is 0 Å². The molecule has 0 amide bonds. The number of carbonyl (C=O) groups excluding carboxylic acids is 1. The van der Waals surface area contributed by atoms with Gasteiger partial charge in [-0.1, -0.05) is 27.7 Å². The fourth-order valence-corrected chi connectivity index (χ4v) is 11.7. The van der Waals surface area contributed by atoms with Crippen molar-refractivity contribution in [3.05, 3.63) is 0 Å². The van der Waals surface area contributed by atoms with Gasteiger partial charge in [-0.2, -0.15) is 0 Å². The van der Waals surface area contributed by atoms with Crippen molar-refractivity contribution in [3.8, 4) is 0 Å². The maximum atomic E-state index is 12.8. The van der Waals surface area contributed by atoms with E-state index in [2.05, 4.69) is 20.8 Å². The number of carboxylic acid groups (broad SMARTS) is 2. The van der Waals surface area contributed by atoms with E-state index in [1.807, 2.05) is 6.92 Å². The Labute approximate surface area is 215 Å². The van der Waals surface area contributed by atoms with Crippen molar-refractivity contribution in [1.29, 1.82) is 0 Å². The van der Waals surface area contributed by atoms with Crippen LogP contribution in [0.5, 0.6) is 0 Å². The summed E-state index contributed by atoms with van der Waals surface area (Å²) < 4.78 is 0. The van der Waals surface area contributed by atoms with Gasteiger partial charge >= 0.3 is 11.9 Å². The molecule has 5 rings (SSSR count). The summed E-state index contributed by atoms with van der Waals surface area (Å²) in [5, 5.41) is 31.6. The monoisotopic (exact) mass is 502 g/mol. The van der Waals surface area contributed by atoms with Crippen LogP contribution in [0.3, 0.4) is 0 Å². The zero-order valence-corrected chi connectivity index (χ0v) is 22.8. The molecule has 0 aromatic rings. The Hall–Kier alpha value is -1.43. The van der Waals surface area contributed by atoms with Gasteiger partial charge in [-0.05, 0) is 117 Å². The van der Waals surface area contributed by atoms with E-state index >= 15 is 0 Å². The van der Waals surface area contributed by atoms with E-state index in [-0.39, 0.29) is 45.8 Å². The summed E-state index contributed by atoms with van der Waals surface area (Å²) >= 11 is 0. The summed E-state index contributed by atoms with van der Waals surface area (Å²) in [6, 6.07) is 0. The average Bonchev–Trinajstić information content (AvgIpc) is 3.22. The lowest BCUT2D eigenvalue weighted by Crippen LogP contribution is -2.68. The molecule has 0 spiro atoms. The molecule has 5 aliphatic carbocycles. The van der Waals surface area contributed by atoms with Gasteiger partial charge in [0, 0.05) is 5.92 Å². The van der Waals surface area contributed by atoms with Gasteiger partial charge in [0.05, 0.1) is 16.9 Å². The van der Waals surface area contributed by atoms with Crippen LogP contribution < -0.4 is 0 Å².